The van der Waals surface area contributed by atoms with E-state index >= 15 is 0 Å². The number of pyridine rings is 1. The first-order valence-corrected chi connectivity index (χ1v) is 8.72. The van der Waals surface area contributed by atoms with Crippen molar-refractivity contribution in [2.45, 2.75) is 33.2 Å². The Kier molecular flexibility index (Phi) is 5.30. The number of oxime groups is 1. The molecule has 0 amide bonds. The number of aryl methyl sites for hydroxylation is 2. The van der Waals surface area contributed by atoms with E-state index in [1.807, 2.05) is 36.6 Å². The number of rotatable bonds is 7. The van der Waals surface area contributed by atoms with Crippen molar-refractivity contribution in [3.05, 3.63) is 57.5 Å². The van der Waals surface area contributed by atoms with Crippen molar-refractivity contribution in [3.8, 4) is 11.5 Å². The van der Waals surface area contributed by atoms with Crippen LogP contribution in [0.25, 0.3) is 0 Å². The van der Waals surface area contributed by atoms with Gasteiger partial charge in [0.05, 0.1) is 20.3 Å². The van der Waals surface area contributed by atoms with Crippen LogP contribution in [0.5, 0.6) is 11.5 Å². The molecule has 0 saturated heterocycles. The molecule has 1 N–H and O–H groups in total. The van der Waals surface area contributed by atoms with Gasteiger partial charge in [-0.3, -0.25) is 4.79 Å². The van der Waals surface area contributed by atoms with Crippen LogP contribution < -0.4 is 14.9 Å². The summed E-state index contributed by atoms with van der Waals surface area (Å²) in [6, 6.07) is 8.63. The maximum atomic E-state index is 11.6. The third-order valence-electron chi connectivity index (χ3n) is 4.65. The van der Waals surface area contributed by atoms with Crippen LogP contribution >= 0.6 is 0 Å². The van der Waals surface area contributed by atoms with Gasteiger partial charge in [0.25, 0.3) is 0 Å². The molecule has 1 saturated carbocycles. The Labute approximate surface area is 152 Å². The summed E-state index contributed by atoms with van der Waals surface area (Å²) < 4.78 is 13.2. The molecule has 0 unspecified atom stereocenters. The zero-order chi connectivity index (χ0) is 18.7. The SMILES string of the molecule is COc1ccc(/C(Cn2c(C)cc(=O)cc2C)=N\O)cc1OCC1CC1. The molecule has 1 aliphatic rings. The Hall–Kier alpha value is -2.76. The van der Waals surface area contributed by atoms with Gasteiger partial charge in [0.15, 0.2) is 16.9 Å². The van der Waals surface area contributed by atoms with Gasteiger partial charge in [0.1, 0.15) is 5.71 Å². The van der Waals surface area contributed by atoms with Gasteiger partial charge < -0.3 is 19.2 Å². The maximum Gasteiger partial charge on any atom is 0.182 e. The molecule has 3 rings (SSSR count). The Morgan fingerprint density at radius 3 is 2.46 bits per heavy atom. The lowest BCUT2D eigenvalue weighted by atomic mass is 10.1. The highest BCUT2D eigenvalue weighted by Gasteiger charge is 2.23. The summed E-state index contributed by atoms with van der Waals surface area (Å²) in [6.45, 7) is 4.75. The second-order valence-electron chi connectivity index (χ2n) is 6.73. The van der Waals surface area contributed by atoms with Gasteiger partial charge in [0, 0.05) is 29.1 Å². The number of aromatic nitrogens is 1. The predicted molar refractivity (Wildman–Crippen MR) is 99.7 cm³/mol. The lowest BCUT2D eigenvalue weighted by molar-refractivity contribution is 0.280. The van der Waals surface area contributed by atoms with Crippen molar-refractivity contribution in [3.63, 3.8) is 0 Å². The summed E-state index contributed by atoms with van der Waals surface area (Å²) in [7, 11) is 1.60. The first kappa shape index (κ1) is 18.0. The third kappa shape index (κ3) is 4.07. The number of ether oxygens (including phenoxy) is 2. The van der Waals surface area contributed by atoms with Crippen LogP contribution in [-0.4, -0.2) is 29.2 Å². The van der Waals surface area contributed by atoms with E-state index in [1.165, 1.54) is 12.8 Å². The minimum Gasteiger partial charge on any atom is -0.493 e. The van der Waals surface area contributed by atoms with Crippen molar-refractivity contribution in [2.75, 3.05) is 13.7 Å². The summed E-state index contributed by atoms with van der Waals surface area (Å²) in [5.74, 6) is 1.93. The fraction of sp³-hybridized carbons (Fsp3) is 0.400. The molecule has 0 atom stereocenters. The average molecular weight is 356 g/mol. The van der Waals surface area contributed by atoms with Gasteiger partial charge in [-0.2, -0.15) is 0 Å². The van der Waals surface area contributed by atoms with E-state index in [1.54, 1.807) is 19.2 Å². The molecule has 1 heterocycles. The van der Waals surface area contributed by atoms with E-state index in [2.05, 4.69) is 5.16 Å². The molecule has 2 aromatic rings. The molecule has 1 aliphatic carbocycles. The molecular weight excluding hydrogens is 332 g/mol. The molecule has 0 spiro atoms. The zero-order valence-corrected chi connectivity index (χ0v) is 15.4. The minimum absolute atomic E-state index is 0.0288. The summed E-state index contributed by atoms with van der Waals surface area (Å²) in [5, 5.41) is 13.0. The summed E-state index contributed by atoms with van der Waals surface area (Å²) >= 11 is 0. The van der Waals surface area contributed by atoms with Gasteiger partial charge in [-0.1, -0.05) is 5.16 Å². The Bertz CT molecular complexity index is 856. The summed E-state index contributed by atoms with van der Waals surface area (Å²) in [6.07, 6.45) is 2.41. The molecule has 6 heteroatoms. The highest BCUT2D eigenvalue weighted by molar-refractivity contribution is 6.00. The van der Waals surface area contributed by atoms with Gasteiger partial charge >= 0.3 is 0 Å². The monoisotopic (exact) mass is 356 g/mol. The van der Waals surface area contributed by atoms with Crippen molar-refractivity contribution in [1.29, 1.82) is 0 Å². The van der Waals surface area contributed by atoms with E-state index in [9.17, 15) is 10.0 Å². The van der Waals surface area contributed by atoms with Gasteiger partial charge in [-0.15, -0.1) is 0 Å². The topological polar surface area (TPSA) is 73.1 Å². The van der Waals surface area contributed by atoms with E-state index in [0.717, 1.165) is 17.0 Å². The number of benzene rings is 1. The standard InChI is InChI=1S/C20H24N2O4/c1-13-8-17(23)9-14(2)22(13)11-18(21-24)16-6-7-19(25-3)20(10-16)26-12-15-4-5-15/h6-10,15,24H,4-5,11-12H2,1-3H3/b21-18-. The Morgan fingerprint density at radius 2 is 1.88 bits per heavy atom. The van der Waals surface area contributed by atoms with Gasteiger partial charge in [-0.05, 0) is 50.8 Å². The lowest BCUT2D eigenvalue weighted by Crippen LogP contribution is -2.19. The van der Waals surface area contributed by atoms with Crippen molar-refractivity contribution >= 4 is 5.71 Å². The van der Waals surface area contributed by atoms with Crippen molar-refractivity contribution in [2.24, 2.45) is 11.1 Å². The zero-order valence-electron chi connectivity index (χ0n) is 15.4. The van der Waals surface area contributed by atoms with Crippen LogP contribution in [0.15, 0.2) is 40.3 Å². The van der Waals surface area contributed by atoms with E-state index in [0.29, 0.717) is 36.3 Å². The molecule has 1 aromatic carbocycles. The second kappa shape index (κ2) is 7.64. The van der Waals surface area contributed by atoms with Crippen molar-refractivity contribution < 1.29 is 14.7 Å². The van der Waals surface area contributed by atoms with Crippen LogP contribution in [0.1, 0.15) is 29.8 Å². The van der Waals surface area contributed by atoms with E-state index in [4.69, 9.17) is 9.47 Å². The highest BCUT2D eigenvalue weighted by atomic mass is 16.5. The number of methoxy groups -OCH3 is 1. The molecule has 1 aromatic heterocycles. The Morgan fingerprint density at radius 1 is 1.19 bits per heavy atom. The fourth-order valence-electron chi connectivity index (χ4n) is 2.93. The largest absolute Gasteiger partial charge is 0.493 e. The van der Waals surface area contributed by atoms with Gasteiger partial charge in [-0.25, -0.2) is 0 Å². The first-order valence-electron chi connectivity index (χ1n) is 8.72. The number of hydrogen-bond acceptors (Lipinski definition) is 5. The van der Waals surface area contributed by atoms with Crippen LogP contribution in [0.3, 0.4) is 0 Å². The van der Waals surface area contributed by atoms with Crippen LogP contribution in [0, 0.1) is 19.8 Å². The molecule has 0 aliphatic heterocycles. The number of hydrogen-bond donors (Lipinski definition) is 1. The summed E-state index contributed by atoms with van der Waals surface area (Å²) in [5.41, 5.74) is 2.83. The van der Waals surface area contributed by atoms with E-state index < -0.39 is 0 Å². The van der Waals surface area contributed by atoms with Crippen molar-refractivity contribution in [1.82, 2.24) is 4.57 Å². The highest BCUT2D eigenvalue weighted by Crippen LogP contribution is 2.33. The van der Waals surface area contributed by atoms with E-state index in [-0.39, 0.29) is 5.43 Å². The number of nitrogens with zero attached hydrogens (tertiary/aromatic N) is 2. The molecule has 0 bridgehead atoms. The predicted octanol–water partition coefficient (Wildman–Crippen LogP) is 3.14. The fourth-order valence-corrected chi connectivity index (χ4v) is 2.93. The quantitative estimate of drug-likeness (QED) is 0.470. The third-order valence-corrected chi connectivity index (χ3v) is 4.65. The van der Waals surface area contributed by atoms with Crippen LogP contribution in [0.2, 0.25) is 0 Å². The molecule has 1 fully saturated rings. The first-order chi connectivity index (χ1) is 12.5. The average Bonchev–Trinajstić information content (AvgIpc) is 3.43. The normalized spacial score (nSPS) is 14.3. The van der Waals surface area contributed by atoms with Gasteiger partial charge in [0.2, 0.25) is 0 Å². The molecule has 138 valence electrons. The molecular formula is C20H24N2O4. The van der Waals surface area contributed by atoms with Crippen LogP contribution in [0.4, 0.5) is 0 Å². The molecule has 6 nitrogen and oxygen atoms in total. The minimum atomic E-state index is -0.0288. The molecule has 0 radical (unpaired) electrons. The smallest absolute Gasteiger partial charge is 0.182 e. The Balaban J connectivity index is 1.88. The van der Waals surface area contributed by atoms with Crippen LogP contribution in [-0.2, 0) is 6.54 Å². The lowest BCUT2D eigenvalue weighted by Gasteiger charge is -2.16. The summed E-state index contributed by atoms with van der Waals surface area (Å²) in [4.78, 5) is 11.6. The molecule has 26 heavy (non-hydrogen) atoms. The maximum absolute atomic E-state index is 11.6. The second-order valence-corrected chi connectivity index (χ2v) is 6.73.